The Kier molecular flexibility index (Phi) is 5.09. The quantitative estimate of drug-likeness (QED) is 0.881. The Morgan fingerprint density at radius 1 is 1.25 bits per heavy atom. The van der Waals surface area contributed by atoms with Crippen molar-refractivity contribution in [1.29, 1.82) is 0 Å². The minimum absolute atomic E-state index is 0.535. The summed E-state index contributed by atoms with van der Waals surface area (Å²) < 4.78 is 10.5. The van der Waals surface area contributed by atoms with Crippen LogP contribution in [0.1, 0.15) is 10.6 Å². The maximum Gasteiger partial charge on any atom is 0.143 e. The van der Waals surface area contributed by atoms with Crippen LogP contribution < -0.4 is 14.8 Å². The standard InChI is InChI=1S/C14H17ClN2O2S/c1-9-14(20-8-17-9)4-5-16-11-7-12(18-2)10(15)6-13(11)19-3/h6-8,16H,4-5H2,1-3H3. The zero-order valence-corrected chi connectivity index (χ0v) is 13.3. The molecule has 0 bridgehead atoms. The zero-order valence-electron chi connectivity index (χ0n) is 11.7. The number of thiazole rings is 1. The van der Waals surface area contributed by atoms with Crippen molar-refractivity contribution in [3.8, 4) is 11.5 Å². The van der Waals surface area contributed by atoms with Crippen molar-refractivity contribution in [3.63, 3.8) is 0 Å². The second-order valence-electron chi connectivity index (χ2n) is 4.22. The van der Waals surface area contributed by atoms with Crippen LogP contribution in [0.3, 0.4) is 0 Å². The molecule has 0 amide bonds. The molecule has 0 spiro atoms. The van der Waals surface area contributed by atoms with Gasteiger partial charge in [-0.15, -0.1) is 11.3 Å². The fourth-order valence-electron chi connectivity index (χ4n) is 1.88. The van der Waals surface area contributed by atoms with Crippen molar-refractivity contribution < 1.29 is 9.47 Å². The van der Waals surface area contributed by atoms with Crippen molar-refractivity contribution in [2.45, 2.75) is 13.3 Å². The number of nitrogens with zero attached hydrogens (tertiary/aromatic N) is 1. The van der Waals surface area contributed by atoms with Crippen LogP contribution in [0.4, 0.5) is 5.69 Å². The van der Waals surface area contributed by atoms with Gasteiger partial charge >= 0.3 is 0 Å². The third-order valence-electron chi connectivity index (χ3n) is 2.99. The van der Waals surface area contributed by atoms with E-state index in [1.54, 1.807) is 31.6 Å². The highest BCUT2D eigenvalue weighted by Gasteiger charge is 2.10. The van der Waals surface area contributed by atoms with Gasteiger partial charge in [0.05, 0.1) is 36.1 Å². The van der Waals surface area contributed by atoms with E-state index in [2.05, 4.69) is 10.3 Å². The Bertz CT molecular complexity index is 587. The van der Waals surface area contributed by atoms with Gasteiger partial charge in [-0.3, -0.25) is 0 Å². The Hall–Kier alpha value is -1.46. The minimum Gasteiger partial charge on any atom is -0.495 e. The number of hydrogen-bond donors (Lipinski definition) is 1. The van der Waals surface area contributed by atoms with E-state index in [1.807, 2.05) is 18.5 Å². The topological polar surface area (TPSA) is 43.4 Å². The summed E-state index contributed by atoms with van der Waals surface area (Å²) in [6, 6.07) is 3.60. The summed E-state index contributed by atoms with van der Waals surface area (Å²) in [5.41, 5.74) is 3.84. The lowest BCUT2D eigenvalue weighted by atomic mass is 10.2. The Balaban J connectivity index is 2.06. The number of benzene rings is 1. The van der Waals surface area contributed by atoms with Crippen LogP contribution in [0.25, 0.3) is 0 Å². The molecule has 6 heteroatoms. The highest BCUT2D eigenvalue weighted by Crippen LogP contribution is 2.35. The van der Waals surface area contributed by atoms with Gasteiger partial charge in [0.25, 0.3) is 0 Å². The first-order chi connectivity index (χ1) is 9.65. The predicted octanol–water partition coefficient (Wildman–Crippen LogP) is 3.78. The normalized spacial score (nSPS) is 10.4. The van der Waals surface area contributed by atoms with E-state index < -0.39 is 0 Å². The van der Waals surface area contributed by atoms with Crippen LogP contribution in [-0.4, -0.2) is 25.7 Å². The van der Waals surface area contributed by atoms with Gasteiger partial charge in [0.15, 0.2) is 0 Å². The predicted molar refractivity (Wildman–Crippen MR) is 83.6 cm³/mol. The molecule has 0 aliphatic rings. The highest BCUT2D eigenvalue weighted by molar-refractivity contribution is 7.09. The molecule has 0 aliphatic carbocycles. The molecule has 0 unspecified atom stereocenters. The zero-order chi connectivity index (χ0) is 14.5. The van der Waals surface area contributed by atoms with Crippen molar-refractivity contribution in [2.75, 3.05) is 26.1 Å². The summed E-state index contributed by atoms with van der Waals surface area (Å²) in [7, 11) is 3.22. The average Bonchev–Trinajstić information content (AvgIpc) is 2.85. The first kappa shape index (κ1) is 14.9. The van der Waals surface area contributed by atoms with E-state index in [0.717, 1.165) is 24.3 Å². The SMILES string of the molecule is COc1cc(NCCc2scnc2C)c(OC)cc1Cl. The number of rotatable bonds is 6. The fraction of sp³-hybridized carbons (Fsp3) is 0.357. The number of nitrogens with one attached hydrogen (secondary N) is 1. The molecule has 108 valence electrons. The molecule has 0 saturated carbocycles. The fourth-order valence-corrected chi connectivity index (χ4v) is 2.89. The molecule has 2 aromatic rings. The van der Waals surface area contributed by atoms with Crippen LogP contribution >= 0.6 is 22.9 Å². The van der Waals surface area contributed by atoms with E-state index in [0.29, 0.717) is 16.5 Å². The highest BCUT2D eigenvalue weighted by atomic mass is 35.5. The molecule has 0 atom stereocenters. The minimum atomic E-state index is 0.535. The van der Waals surface area contributed by atoms with Gasteiger partial charge in [-0.25, -0.2) is 4.98 Å². The van der Waals surface area contributed by atoms with Crippen LogP contribution in [0.5, 0.6) is 11.5 Å². The molecular weight excluding hydrogens is 296 g/mol. The summed E-state index contributed by atoms with van der Waals surface area (Å²) in [5.74, 6) is 1.33. The maximum absolute atomic E-state index is 6.08. The van der Waals surface area contributed by atoms with Gasteiger partial charge in [-0.1, -0.05) is 11.6 Å². The van der Waals surface area contributed by atoms with Gasteiger partial charge in [-0.05, 0) is 6.92 Å². The molecule has 0 aliphatic heterocycles. The second-order valence-corrected chi connectivity index (χ2v) is 5.57. The summed E-state index contributed by atoms with van der Waals surface area (Å²) >= 11 is 7.75. The Morgan fingerprint density at radius 3 is 2.60 bits per heavy atom. The van der Waals surface area contributed by atoms with Crippen molar-refractivity contribution in [1.82, 2.24) is 4.98 Å². The number of aromatic nitrogens is 1. The van der Waals surface area contributed by atoms with Crippen molar-refractivity contribution in [3.05, 3.63) is 33.2 Å². The number of anilines is 1. The summed E-state index contributed by atoms with van der Waals surface area (Å²) in [6.07, 6.45) is 0.921. The number of ether oxygens (including phenoxy) is 2. The molecule has 2 rings (SSSR count). The first-order valence-corrected chi connectivity index (χ1v) is 7.45. The lowest BCUT2D eigenvalue weighted by Crippen LogP contribution is -2.06. The van der Waals surface area contributed by atoms with E-state index in [4.69, 9.17) is 21.1 Å². The third kappa shape index (κ3) is 3.35. The molecule has 4 nitrogen and oxygen atoms in total. The van der Waals surface area contributed by atoms with Gasteiger partial charge in [0.1, 0.15) is 11.5 Å². The van der Waals surface area contributed by atoms with Crippen LogP contribution in [0.15, 0.2) is 17.6 Å². The second kappa shape index (κ2) is 6.81. The molecule has 1 heterocycles. The molecule has 1 aromatic carbocycles. The number of aryl methyl sites for hydroxylation is 1. The summed E-state index contributed by atoms with van der Waals surface area (Å²) in [4.78, 5) is 5.53. The van der Waals surface area contributed by atoms with E-state index in [1.165, 1.54) is 4.88 Å². The van der Waals surface area contributed by atoms with Gasteiger partial charge < -0.3 is 14.8 Å². The molecule has 20 heavy (non-hydrogen) atoms. The average molecular weight is 313 g/mol. The number of hydrogen-bond acceptors (Lipinski definition) is 5. The monoisotopic (exact) mass is 312 g/mol. The number of halogens is 1. The van der Waals surface area contributed by atoms with Gasteiger partial charge in [-0.2, -0.15) is 0 Å². The molecule has 0 radical (unpaired) electrons. The van der Waals surface area contributed by atoms with Crippen LogP contribution in [0.2, 0.25) is 5.02 Å². The molecule has 0 saturated heterocycles. The van der Waals surface area contributed by atoms with Crippen LogP contribution in [0, 0.1) is 6.92 Å². The summed E-state index contributed by atoms with van der Waals surface area (Å²) in [5, 5.41) is 3.88. The van der Waals surface area contributed by atoms with Crippen molar-refractivity contribution >= 4 is 28.6 Å². The van der Waals surface area contributed by atoms with E-state index in [9.17, 15) is 0 Å². The van der Waals surface area contributed by atoms with Crippen molar-refractivity contribution in [2.24, 2.45) is 0 Å². The maximum atomic E-state index is 6.08. The third-order valence-corrected chi connectivity index (χ3v) is 4.28. The Morgan fingerprint density at radius 2 is 2.00 bits per heavy atom. The van der Waals surface area contributed by atoms with Gasteiger partial charge in [0.2, 0.25) is 0 Å². The smallest absolute Gasteiger partial charge is 0.143 e. The van der Waals surface area contributed by atoms with E-state index in [-0.39, 0.29) is 0 Å². The van der Waals surface area contributed by atoms with Crippen LogP contribution in [-0.2, 0) is 6.42 Å². The molecule has 1 N–H and O–H groups in total. The lowest BCUT2D eigenvalue weighted by molar-refractivity contribution is 0.404. The van der Waals surface area contributed by atoms with Gasteiger partial charge in [0, 0.05) is 30.0 Å². The number of methoxy groups -OCH3 is 2. The molecule has 0 fully saturated rings. The largest absolute Gasteiger partial charge is 0.495 e. The molecular formula is C14H17ClN2O2S. The Labute approximate surface area is 127 Å². The molecule has 1 aromatic heterocycles. The van der Waals surface area contributed by atoms with E-state index >= 15 is 0 Å². The summed E-state index contributed by atoms with van der Waals surface area (Å²) in [6.45, 7) is 2.82. The first-order valence-electron chi connectivity index (χ1n) is 6.20. The lowest BCUT2D eigenvalue weighted by Gasteiger charge is -2.13.